The van der Waals surface area contributed by atoms with E-state index in [2.05, 4.69) is 34.3 Å². The van der Waals surface area contributed by atoms with Crippen molar-refractivity contribution in [2.45, 2.75) is 31.3 Å². The van der Waals surface area contributed by atoms with E-state index in [9.17, 15) is 9.59 Å². The molecule has 0 radical (unpaired) electrons. The molecule has 2 N–H and O–H groups in total. The van der Waals surface area contributed by atoms with Crippen molar-refractivity contribution in [2.75, 3.05) is 19.6 Å². The number of carboxylic acids is 1. The molecule has 0 amide bonds. The maximum absolute atomic E-state index is 12.9. The van der Waals surface area contributed by atoms with Gasteiger partial charge >= 0.3 is 5.97 Å². The number of carboxylic acid groups (broad SMARTS) is 1. The van der Waals surface area contributed by atoms with E-state index in [4.69, 9.17) is 9.84 Å². The number of ketones is 1. The van der Waals surface area contributed by atoms with E-state index in [1.807, 2.05) is 6.07 Å². The molecule has 0 bridgehead atoms. The topological polar surface area (TPSA) is 82.6 Å². The number of Topliss-reactive ketones (excluding diaryl/α,β-unsaturated/α-hetero) is 1. The van der Waals surface area contributed by atoms with Gasteiger partial charge in [0.15, 0.2) is 5.78 Å². The Labute approximate surface area is 186 Å². The van der Waals surface area contributed by atoms with Crippen molar-refractivity contribution in [3.05, 3.63) is 71.4 Å². The number of benzene rings is 2. The van der Waals surface area contributed by atoms with Gasteiger partial charge < -0.3 is 19.7 Å². The lowest BCUT2D eigenvalue weighted by atomic mass is 9.82. The van der Waals surface area contributed by atoms with Gasteiger partial charge in [-0.3, -0.25) is 4.79 Å². The molecular weight excluding hydrogens is 404 g/mol. The summed E-state index contributed by atoms with van der Waals surface area (Å²) in [7, 11) is 0. The Morgan fingerprint density at radius 1 is 1.19 bits per heavy atom. The summed E-state index contributed by atoms with van der Waals surface area (Å²) in [6, 6.07) is 13.7. The Morgan fingerprint density at radius 3 is 2.81 bits per heavy atom. The van der Waals surface area contributed by atoms with Crippen LogP contribution in [0, 0.1) is 0 Å². The van der Waals surface area contributed by atoms with E-state index in [1.165, 1.54) is 22.5 Å². The largest absolute Gasteiger partial charge is 0.486 e. The van der Waals surface area contributed by atoms with E-state index in [-0.39, 0.29) is 5.78 Å². The zero-order valence-electron chi connectivity index (χ0n) is 17.8. The molecule has 2 aromatic carbocycles. The number of likely N-dealkylation sites (tertiary alicyclic amines) is 1. The van der Waals surface area contributed by atoms with Crippen LogP contribution in [0.5, 0.6) is 5.75 Å². The summed E-state index contributed by atoms with van der Waals surface area (Å²) in [6.45, 7) is 2.80. The summed E-state index contributed by atoms with van der Waals surface area (Å²) in [5.41, 5.74) is 3.32. The first-order valence-corrected chi connectivity index (χ1v) is 11.1. The Balaban J connectivity index is 1.22. The van der Waals surface area contributed by atoms with Crippen LogP contribution in [0.1, 0.15) is 40.7 Å². The van der Waals surface area contributed by atoms with E-state index in [0.29, 0.717) is 23.3 Å². The van der Waals surface area contributed by atoms with Crippen molar-refractivity contribution < 1.29 is 19.4 Å². The molecule has 0 unspecified atom stereocenters. The van der Waals surface area contributed by atoms with E-state index < -0.39 is 11.6 Å². The van der Waals surface area contributed by atoms with Crippen LogP contribution in [0.25, 0.3) is 17.0 Å². The average molecular weight is 431 g/mol. The zero-order valence-corrected chi connectivity index (χ0v) is 17.8. The Kier molecular flexibility index (Phi) is 5.31. The molecule has 6 nitrogen and oxygen atoms in total. The number of hydrogen-bond donors (Lipinski definition) is 2. The Bertz CT molecular complexity index is 1200. The highest BCUT2D eigenvalue weighted by molar-refractivity contribution is 6.01. The molecule has 6 heteroatoms. The quantitative estimate of drug-likeness (QED) is 0.590. The average Bonchev–Trinajstić information content (AvgIpc) is 3.21. The van der Waals surface area contributed by atoms with Crippen LogP contribution in [-0.4, -0.2) is 52.0 Å². The van der Waals surface area contributed by atoms with Gasteiger partial charge in [0.2, 0.25) is 0 Å². The minimum absolute atomic E-state index is 0.0732. The van der Waals surface area contributed by atoms with Crippen LogP contribution in [0.2, 0.25) is 0 Å². The van der Waals surface area contributed by atoms with Crippen molar-refractivity contribution in [2.24, 2.45) is 0 Å². The fourth-order valence-electron chi connectivity index (χ4n) is 4.86. The third kappa shape index (κ3) is 4.06. The first-order valence-electron chi connectivity index (χ1n) is 11.1. The van der Waals surface area contributed by atoms with Crippen molar-refractivity contribution in [1.82, 2.24) is 9.88 Å². The SMILES string of the molecule is O=C(O)C=Cc1ccc2c(c1)C(=O)CC1(CCN(CCc3c[nH]c4ccccc34)CC1)O2. The molecule has 1 fully saturated rings. The molecule has 1 aromatic heterocycles. The molecule has 0 saturated carbocycles. The van der Waals surface area contributed by atoms with E-state index >= 15 is 0 Å². The number of piperidine rings is 1. The molecule has 3 aromatic rings. The fourth-order valence-corrected chi connectivity index (χ4v) is 4.86. The van der Waals surface area contributed by atoms with Crippen molar-refractivity contribution >= 4 is 28.7 Å². The molecule has 1 saturated heterocycles. The third-order valence-corrected chi connectivity index (χ3v) is 6.67. The zero-order chi connectivity index (χ0) is 22.1. The molecule has 32 heavy (non-hydrogen) atoms. The molecule has 3 heterocycles. The second-order valence-electron chi connectivity index (χ2n) is 8.76. The standard InChI is InChI=1S/C26H26N2O4/c29-23-16-26(32-24-7-5-18(15-21(23)24)6-8-25(30)31)10-13-28(14-11-26)12-9-19-17-27-22-4-2-1-3-20(19)22/h1-8,15,17,27H,9-14,16H2,(H,30,31). The second-order valence-corrected chi connectivity index (χ2v) is 8.76. The number of aliphatic carboxylic acids is 1. The van der Waals surface area contributed by atoms with Crippen LogP contribution in [0.4, 0.5) is 0 Å². The number of para-hydroxylation sites is 1. The summed E-state index contributed by atoms with van der Waals surface area (Å²) < 4.78 is 6.37. The molecular formula is C26H26N2O4. The number of nitrogens with zero attached hydrogens (tertiary/aromatic N) is 1. The van der Waals surface area contributed by atoms with Crippen molar-refractivity contribution in [3.63, 3.8) is 0 Å². The summed E-state index contributed by atoms with van der Waals surface area (Å²) >= 11 is 0. The smallest absolute Gasteiger partial charge is 0.328 e. The molecule has 5 rings (SSSR count). The van der Waals surface area contributed by atoms with Gasteiger partial charge in [-0.1, -0.05) is 24.3 Å². The lowest BCUT2D eigenvalue weighted by Crippen LogP contribution is -2.51. The van der Waals surface area contributed by atoms with Gasteiger partial charge in [-0.2, -0.15) is 0 Å². The number of aromatic nitrogens is 1. The highest BCUT2D eigenvalue weighted by Crippen LogP contribution is 2.39. The van der Waals surface area contributed by atoms with Crippen LogP contribution in [0.15, 0.2) is 54.7 Å². The lowest BCUT2D eigenvalue weighted by Gasteiger charge is -2.44. The number of H-pyrrole nitrogens is 1. The van der Waals surface area contributed by atoms with Gasteiger partial charge in [0.1, 0.15) is 11.4 Å². The summed E-state index contributed by atoms with van der Waals surface area (Å²) in [4.78, 5) is 29.4. The molecule has 164 valence electrons. The van der Waals surface area contributed by atoms with Crippen LogP contribution in [-0.2, 0) is 11.2 Å². The van der Waals surface area contributed by atoms with Gasteiger partial charge in [-0.15, -0.1) is 0 Å². The number of carbonyl (C=O) groups excluding carboxylic acids is 1. The van der Waals surface area contributed by atoms with E-state index in [0.717, 1.165) is 45.0 Å². The normalized spacial score (nSPS) is 18.2. The maximum atomic E-state index is 12.9. The number of aromatic amines is 1. The predicted octanol–water partition coefficient (Wildman–Crippen LogP) is 4.31. The fraction of sp³-hybridized carbons (Fsp3) is 0.308. The number of hydrogen-bond acceptors (Lipinski definition) is 4. The molecule has 0 atom stereocenters. The van der Waals surface area contributed by atoms with E-state index in [1.54, 1.807) is 18.2 Å². The molecule has 2 aliphatic heterocycles. The predicted molar refractivity (Wildman–Crippen MR) is 123 cm³/mol. The highest BCUT2D eigenvalue weighted by atomic mass is 16.5. The Morgan fingerprint density at radius 2 is 2.00 bits per heavy atom. The summed E-state index contributed by atoms with van der Waals surface area (Å²) in [6.07, 6.45) is 7.69. The minimum Gasteiger partial charge on any atom is -0.486 e. The molecule has 0 aliphatic carbocycles. The molecule has 1 spiro atoms. The van der Waals surface area contributed by atoms with Crippen molar-refractivity contribution in [3.8, 4) is 5.75 Å². The Hall–Kier alpha value is -3.38. The highest BCUT2D eigenvalue weighted by Gasteiger charge is 2.42. The first kappa shape index (κ1) is 20.5. The number of nitrogens with one attached hydrogen (secondary N) is 1. The van der Waals surface area contributed by atoms with Crippen LogP contribution >= 0.6 is 0 Å². The molecule has 2 aliphatic rings. The number of carbonyl (C=O) groups is 2. The number of ether oxygens (including phenoxy) is 1. The van der Waals surface area contributed by atoms with Crippen LogP contribution < -0.4 is 4.74 Å². The third-order valence-electron chi connectivity index (χ3n) is 6.67. The van der Waals surface area contributed by atoms with Gasteiger partial charge in [0.05, 0.1) is 12.0 Å². The van der Waals surface area contributed by atoms with Crippen molar-refractivity contribution in [1.29, 1.82) is 0 Å². The van der Waals surface area contributed by atoms with Crippen LogP contribution in [0.3, 0.4) is 0 Å². The lowest BCUT2D eigenvalue weighted by molar-refractivity contribution is -0.131. The van der Waals surface area contributed by atoms with Gasteiger partial charge in [0, 0.05) is 55.7 Å². The van der Waals surface area contributed by atoms with Gasteiger partial charge in [-0.25, -0.2) is 4.79 Å². The number of fused-ring (bicyclic) bond motifs is 2. The summed E-state index contributed by atoms with van der Waals surface area (Å²) in [5, 5.41) is 10.1. The summed E-state index contributed by atoms with van der Waals surface area (Å²) in [5.74, 6) is -0.328. The van der Waals surface area contributed by atoms with Gasteiger partial charge in [0.25, 0.3) is 0 Å². The monoisotopic (exact) mass is 430 g/mol. The second kappa shape index (κ2) is 8.28. The maximum Gasteiger partial charge on any atom is 0.328 e. The number of rotatable bonds is 5. The minimum atomic E-state index is -1.01. The first-order chi connectivity index (χ1) is 15.5. The van der Waals surface area contributed by atoms with Gasteiger partial charge in [-0.05, 0) is 41.8 Å².